The molecule has 1 aromatic carbocycles. The van der Waals surface area contributed by atoms with Crippen LogP contribution in [0.25, 0.3) is 11.0 Å². The Morgan fingerprint density at radius 1 is 1.00 bits per heavy atom. The van der Waals surface area contributed by atoms with Crippen molar-refractivity contribution >= 4 is 28.3 Å². The van der Waals surface area contributed by atoms with Crippen LogP contribution in [0.15, 0.2) is 21.7 Å². The summed E-state index contributed by atoms with van der Waals surface area (Å²) in [5.74, 6) is 0.586. The number of carbonyl (C=O) groups is 1. The van der Waals surface area contributed by atoms with Crippen LogP contribution in [0.5, 0.6) is 0 Å². The van der Waals surface area contributed by atoms with Gasteiger partial charge in [-0.15, -0.1) is 0 Å². The highest BCUT2D eigenvalue weighted by Gasteiger charge is 2.25. The molecule has 2 aromatic rings. The van der Waals surface area contributed by atoms with Crippen LogP contribution < -0.4 is 21.3 Å². The summed E-state index contributed by atoms with van der Waals surface area (Å²) in [6, 6.07) is 3.73. The lowest BCUT2D eigenvalue weighted by Gasteiger charge is -2.34. The normalized spacial score (nSPS) is 15.9. The van der Waals surface area contributed by atoms with Crippen molar-refractivity contribution in [2.24, 2.45) is 25.4 Å². The van der Waals surface area contributed by atoms with E-state index < -0.39 is 16.5 Å². The van der Waals surface area contributed by atoms with Crippen molar-refractivity contribution in [3.63, 3.8) is 0 Å². The van der Waals surface area contributed by atoms with E-state index >= 15 is 0 Å². The Hall–Kier alpha value is -2.57. The fourth-order valence-electron chi connectivity index (χ4n) is 3.53. The fourth-order valence-corrected chi connectivity index (χ4v) is 3.53. The molecule has 1 fully saturated rings. The van der Waals surface area contributed by atoms with Gasteiger partial charge >= 0.3 is 11.1 Å². The number of hydrogen-bond acceptors (Lipinski definition) is 4. The lowest BCUT2D eigenvalue weighted by molar-refractivity contribution is -0.123. The Balaban J connectivity index is 2.22. The molecule has 7 heteroatoms. The van der Waals surface area contributed by atoms with Gasteiger partial charge in [-0.1, -0.05) is 27.7 Å². The molecule has 1 amide bonds. The maximum atomic E-state index is 12.7. The van der Waals surface area contributed by atoms with E-state index in [9.17, 15) is 14.4 Å². The van der Waals surface area contributed by atoms with Gasteiger partial charge < -0.3 is 19.4 Å². The first-order valence-corrected chi connectivity index (χ1v) is 9.81. The molecule has 0 spiro atoms. The van der Waals surface area contributed by atoms with E-state index in [4.69, 9.17) is 0 Å². The van der Waals surface area contributed by atoms with E-state index in [1.807, 2.05) is 32.9 Å². The van der Waals surface area contributed by atoms with Crippen LogP contribution >= 0.6 is 0 Å². The van der Waals surface area contributed by atoms with E-state index in [2.05, 4.69) is 17.1 Å². The van der Waals surface area contributed by atoms with Gasteiger partial charge in [-0.2, -0.15) is 0 Å². The van der Waals surface area contributed by atoms with Gasteiger partial charge in [0.2, 0.25) is 5.91 Å². The van der Waals surface area contributed by atoms with Gasteiger partial charge in [0.1, 0.15) is 0 Å². The van der Waals surface area contributed by atoms with Crippen LogP contribution in [-0.4, -0.2) is 28.1 Å². The average molecular weight is 386 g/mol. The van der Waals surface area contributed by atoms with E-state index in [1.165, 1.54) is 9.13 Å². The van der Waals surface area contributed by atoms with Crippen LogP contribution in [0.3, 0.4) is 0 Å². The Labute approximate surface area is 165 Å². The smallest absolute Gasteiger partial charge is 0.316 e. The van der Waals surface area contributed by atoms with Crippen molar-refractivity contribution in [1.82, 2.24) is 9.13 Å². The molecule has 2 heterocycles. The van der Waals surface area contributed by atoms with Gasteiger partial charge in [-0.3, -0.25) is 14.4 Å². The van der Waals surface area contributed by atoms with Crippen LogP contribution in [0.2, 0.25) is 0 Å². The molecule has 1 aliphatic heterocycles. The fraction of sp³-hybridized carbons (Fsp3) is 0.571. The van der Waals surface area contributed by atoms with Gasteiger partial charge in [0, 0.05) is 32.6 Å². The quantitative estimate of drug-likeness (QED) is 0.805. The Morgan fingerprint density at radius 3 is 2.00 bits per heavy atom. The molecular weight excluding hydrogens is 356 g/mol. The van der Waals surface area contributed by atoms with Gasteiger partial charge in [0.15, 0.2) is 0 Å². The van der Waals surface area contributed by atoms with Crippen LogP contribution in [0.1, 0.15) is 40.5 Å². The molecule has 1 saturated heterocycles. The number of nitrogens with zero attached hydrogens (tertiary/aromatic N) is 3. The predicted molar refractivity (Wildman–Crippen MR) is 113 cm³/mol. The minimum absolute atomic E-state index is 0.0895. The second-order valence-electron chi connectivity index (χ2n) is 8.96. The first kappa shape index (κ1) is 20.2. The summed E-state index contributed by atoms with van der Waals surface area (Å²) in [5.41, 5.74) is 1.18. The third kappa shape index (κ3) is 3.57. The van der Waals surface area contributed by atoms with E-state index in [0.717, 1.165) is 31.6 Å². The molecule has 0 atom stereocenters. The van der Waals surface area contributed by atoms with Crippen molar-refractivity contribution in [3.05, 3.63) is 32.8 Å². The highest BCUT2D eigenvalue weighted by atomic mass is 16.2. The van der Waals surface area contributed by atoms with Crippen molar-refractivity contribution in [3.8, 4) is 0 Å². The SMILES string of the molecule is CC1CCN(c2cc3c(cc2NC(=O)C(C)(C)C)n(C)c(=O)c(=O)n3C)CC1. The molecule has 7 nitrogen and oxygen atoms in total. The van der Waals surface area contributed by atoms with Crippen LogP contribution in [-0.2, 0) is 18.9 Å². The summed E-state index contributed by atoms with van der Waals surface area (Å²) in [6.07, 6.45) is 2.16. The molecule has 0 saturated carbocycles. The number of aromatic nitrogens is 2. The first-order valence-electron chi connectivity index (χ1n) is 9.81. The number of amides is 1. The lowest BCUT2D eigenvalue weighted by atomic mass is 9.95. The zero-order valence-electron chi connectivity index (χ0n) is 17.6. The van der Waals surface area contributed by atoms with Crippen molar-refractivity contribution in [2.75, 3.05) is 23.3 Å². The largest absolute Gasteiger partial charge is 0.370 e. The lowest BCUT2D eigenvalue weighted by Crippen LogP contribution is -2.40. The summed E-state index contributed by atoms with van der Waals surface area (Å²) in [7, 11) is 3.20. The van der Waals surface area contributed by atoms with Gasteiger partial charge in [0.05, 0.1) is 22.4 Å². The third-order valence-electron chi connectivity index (χ3n) is 5.66. The standard InChI is InChI=1S/C21H30N4O3/c1-13-7-9-25(10-8-13)15-12-17-16(23(5)18(26)19(27)24(17)6)11-14(15)22-20(28)21(2,3)4/h11-13H,7-10H2,1-6H3,(H,22,28). The van der Waals surface area contributed by atoms with Gasteiger partial charge in [-0.25, -0.2) is 0 Å². The van der Waals surface area contributed by atoms with Gasteiger partial charge in [-0.05, 0) is 30.9 Å². The third-order valence-corrected chi connectivity index (χ3v) is 5.66. The number of fused-ring (bicyclic) bond motifs is 1. The molecule has 0 bridgehead atoms. The molecule has 152 valence electrons. The van der Waals surface area contributed by atoms with Crippen molar-refractivity contribution in [2.45, 2.75) is 40.5 Å². The number of aryl methyl sites for hydroxylation is 2. The Morgan fingerprint density at radius 2 is 1.50 bits per heavy atom. The van der Waals surface area contributed by atoms with Gasteiger partial charge in [0.25, 0.3) is 0 Å². The minimum atomic E-state index is -0.581. The maximum Gasteiger partial charge on any atom is 0.316 e. The molecule has 0 unspecified atom stereocenters. The van der Waals surface area contributed by atoms with Crippen molar-refractivity contribution in [1.29, 1.82) is 0 Å². The molecule has 0 radical (unpaired) electrons. The number of hydrogen-bond donors (Lipinski definition) is 1. The van der Waals surface area contributed by atoms with E-state index in [-0.39, 0.29) is 5.91 Å². The number of nitrogens with one attached hydrogen (secondary N) is 1. The van der Waals surface area contributed by atoms with Crippen molar-refractivity contribution < 1.29 is 4.79 Å². The second-order valence-corrected chi connectivity index (χ2v) is 8.96. The zero-order chi connectivity index (χ0) is 20.8. The summed E-state index contributed by atoms with van der Waals surface area (Å²) in [5, 5.41) is 3.05. The number of carbonyl (C=O) groups excluding carboxylic acids is 1. The monoisotopic (exact) mass is 386 g/mol. The predicted octanol–water partition coefficient (Wildman–Crippen LogP) is 2.46. The molecule has 3 rings (SSSR count). The number of rotatable bonds is 2. The first-order chi connectivity index (χ1) is 13.0. The molecule has 1 aromatic heterocycles. The molecule has 1 N–H and O–H groups in total. The highest BCUT2D eigenvalue weighted by Crippen LogP contribution is 2.34. The number of piperidine rings is 1. The molecule has 28 heavy (non-hydrogen) atoms. The summed E-state index contributed by atoms with van der Waals surface area (Å²) in [6.45, 7) is 9.64. The minimum Gasteiger partial charge on any atom is -0.370 e. The maximum absolute atomic E-state index is 12.7. The summed E-state index contributed by atoms with van der Waals surface area (Å²) in [4.78, 5) is 39.5. The Kier molecular flexibility index (Phi) is 5.12. The average Bonchev–Trinajstić information content (AvgIpc) is 2.64. The molecule has 0 aliphatic carbocycles. The van der Waals surface area contributed by atoms with E-state index in [0.29, 0.717) is 22.6 Å². The van der Waals surface area contributed by atoms with Crippen LogP contribution in [0.4, 0.5) is 11.4 Å². The second kappa shape index (κ2) is 7.11. The Bertz CT molecular complexity index is 1030. The summed E-state index contributed by atoms with van der Waals surface area (Å²) < 4.78 is 2.75. The molecule has 1 aliphatic rings. The highest BCUT2D eigenvalue weighted by molar-refractivity contribution is 6.00. The summed E-state index contributed by atoms with van der Waals surface area (Å²) >= 11 is 0. The van der Waals surface area contributed by atoms with Crippen LogP contribution in [0, 0.1) is 11.3 Å². The van der Waals surface area contributed by atoms with E-state index in [1.54, 1.807) is 14.1 Å². The number of benzene rings is 1. The number of anilines is 2. The topological polar surface area (TPSA) is 76.3 Å². The molecular formula is C21H30N4O3. The zero-order valence-corrected chi connectivity index (χ0v) is 17.6.